The van der Waals surface area contributed by atoms with Gasteiger partial charge in [0.2, 0.25) is 0 Å². The van der Waals surface area contributed by atoms with Crippen LogP contribution >= 0.6 is 11.3 Å². The highest BCUT2D eigenvalue weighted by Gasteiger charge is 2.24. The smallest absolute Gasteiger partial charge is 0.279 e. The van der Waals surface area contributed by atoms with E-state index >= 15 is 0 Å². The molecule has 0 bridgehead atoms. The third-order valence-corrected chi connectivity index (χ3v) is 6.05. The molecule has 0 spiro atoms. The number of carbonyl (C=O) groups is 3. The zero-order valence-corrected chi connectivity index (χ0v) is 19.6. The molecule has 1 aromatic heterocycles. The van der Waals surface area contributed by atoms with Gasteiger partial charge >= 0.3 is 0 Å². The van der Waals surface area contributed by atoms with Gasteiger partial charge < -0.3 is 10.1 Å². The fraction of sp³-hybridized carbons (Fsp3) is 0.240. The summed E-state index contributed by atoms with van der Waals surface area (Å²) >= 11 is 1.29. The van der Waals surface area contributed by atoms with E-state index in [1.807, 2.05) is 56.3 Å². The summed E-state index contributed by atoms with van der Waals surface area (Å²) in [6.07, 6.45) is -0.562. The van der Waals surface area contributed by atoms with Gasteiger partial charge in [0.15, 0.2) is 6.10 Å². The molecule has 0 aliphatic heterocycles. The lowest BCUT2D eigenvalue weighted by Crippen LogP contribution is -2.55. The van der Waals surface area contributed by atoms with Crippen molar-refractivity contribution in [2.24, 2.45) is 0 Å². The molecule has 0 saturated carbocycles. The molecule has 33 heavy (non-hydrogen) atoms. The topological polar surface area (TPSA) is 96.5 Å². The van der Waals surface area contributed by atoms with Crippen LogP contribution in [-0.4, -0.2) is 29.9 Å². The van der Waals surface area contributed by atoms with Crippen molar-refractivity contribution in [3.8, 4) is 5.75 Å². The fourth-order valence-electron chi connectivity index (χ4n) is 3.10. The number of rotatable bonds is 8. The molecule has 1 heterocycles. The maximum atomic E-state index is 12.9. The van der Waals surface area contributed by atoms with E-state index in [0.29, 0.717) is 10.6 Å². The number of nitrogens with one attached hydrogen (secondary N) is 3. The van der Waals surface area contributed by atoms with Crippen LogP contribution in [0.5, 0.6) is 5.75 Å². The third kappa shape index (κ3) is 6.66. The molecular formula is C25H27N3O4S. The van der Waals surface area contributed by atoms with Crippen LogP contribution in [0, 0.1) is 13.8 Å². The highest BCUT2D eigenvalue weighted by Crippen LogP contribution is 2.21. The van der Waals surface area contributed by atoms with Crippen molar-refractivity contribution >= 4 is 29.1 Å². The minimum Gasteiger partial charge on any atom is -0.481 e. The van der Waals surface area contributed by atoms with E-state index in [1.165, 1.54) is 11.3 Å². The lowest BCUT2D eigenvalue weighted by Gasteiger charge is -2.20. The van der Waals surface area contributed by atoms with Gasteiger partial charge in [-0.2, -0.15) is 0 Å². The van der Waals surface area contributed by atoms with Gasteiger partial charge in [0.05, 0.1) is 4.88 Å². The Bertz CT molecular complexity index is 1100. The first-order valence-corrected chi connectivity index (χ1v) is 11.4. The van der Waals surface area contributed by atoms with Crippen LogP contribution in [0.3, 0.4) is 0 Å². The molecule has 0 radical (unpaired) electrons. The predicted octanol–water partition coefficient (Wildman–Crippen LogP) is 3.32. The number of amides is 3. The number of thiophene rings is 1. The lowest BCUT2D eigenvalue weighted by molar-refractivity contribution is -0.133. The molecule has 172 valence electrons. The van der Waals surface area contributed by atoms with Gasteiger partial charge in [-0.05, 0) is 55.0 Å². The fourth-order valence-corrected chi connectivity index (χ4v) is 3.73. The average molecular weight is 466 g/mol. The van der Waals surface area contributed by atoms with Crippen molar-refractivity contribution in [1.82, 2.24) is 16.2 Å². The van der Waals surface area contributed by atoms with Gasteiger partial charge in [0.1, 0.15) is 11.8 Å². The summed E-state index contributed by atoms with van der Waals surface area (Å²) in [7, 11) is 0. The summed E-state index contributed by atoms with van der Waals surface area (Å²) in [6, 6.07) is 17.5. The van der Waals surface area contributed by atoms with Gasteiger partial charge in [-0.3, -0.25) is 25.2 Å². The van der Waals surface area contributed by atoms with Crippen molar-refractivity contribution in [2.45, 2.75) is 39.3 Å². The average Bonchev–Trinajstić information content (AvgIpc) is 3.35. The number of benzene rings is 2. The SMILES string of the molecule is Cc1cccc(OC(C)C(=O)NNC(=O)[C@H](Cc2ccccc2)NC(=O)c2cccs2)c1C. The highest BCUT2D eigenvalue weighted by molar-refractivity contribution is 7.12. The predicted molar refractivity (Wildman–Crippen MR) is 128 cm³/mol. The van der Waals surface area contributed by atoms with Crippen molar-refractivity contribution in [3.05, 3.63) is 87.6 Å². The monoisotopic (exact) mass is 465 g/mol. The third-order valence-electron chi connectivity index (χ3n) is 5.19. The molecule has 3 amide bonds. The maximum absolute atomic E-state index is 12.9. The van der Waals surface area contributed by atoms with Crippen molar-refractivity contribution in [3.63, 3.8) is 0 Å². The molecule has 0 aliphatic carbocycles. The van der Waals surface area contributed by atoms with Gasteiger partial charge in [-0.1, -0.05) is 48.5 Å². The van der Waals surface area contributed by atoms with Crippen LogP contribution in [0.2, 0.25) is 0 Å². The molecule has 0 saturated heterocycles. The maximum Gasteiger partial charge on any atom is 0.279 e. The first kappa shape index (κ1) is 24.0. The number of aryl methyl sites for hydroxylation is 1. The number of hydrogen-bond donors (Lipinski definition) is 3. The van der Waals surface area contributed by atoms with Gasteiger partial charge in [-0.15, -0.1) is 11.3 Å². The molecule has 3 rings (SSSR count). The molecule has 2 atom stereocenters. The van der Waals surface area contributed by atoms with E-state index < -0.39 is 24.0 Å². The molecule has 3 N–H and O–H groups in total. The lowest BCUT2D eigenvalue weighted by atomic mass is 10.1. The number of hydrogen-bond acceptors (Lipinski definition) is 5. The Morgan fingerprint density at radius 2 is 1.64 bits per heavy atom. The van der Waals surface area contributed by atoms with E-state index in [2.05, 4.69) is 16.2 Å². The number of ether oxygens (including phenoxy) is 1. The summed E-state index contributed by atoms with van der Waals surface area (Å²) in [5.41, 5.74) is 7.69. The molecule has 0 aliphatic rings. The molecule has 3 aromatic rings. The summed E-state index contributed by atoms with van der Waals surface area (Å²) in [6.45, 7) is 5.48. The van der Waals surface area contributed by atoms with Crippen molar-refractivity contribution < 1.29 is 19.1 Å². The standard InChI is InChI=1S/C25H27N3O4S/c1-16-9-7-12-21(17(16)2)32-18(3)23(29)27-28-24(30)20(15-19-10-5-4-6-11-19)26-25(31)22-13-8-14-33-22/h4-14,18,20H,15H2,1-3H3,(H,26,31)(H,27,29)(H,28,30)/t18?,20-/m0/s1. The van der Waals surface area contributed by atoms with E-state index in [-0.39, 0.29) is 12.3 Å². The van der Waals surface area contributed by atoms with Crippen LogP contribution in [0.25, 0.3) is 0 Å². The summed E-state index contributed by atoms with van der Waals surface area (Å²) in [4.78, 5) is 38.4. The number of carbonyl (C=O) groups excluding carboxylic acids is 3. The van der Waals surface area contributed by atoms with Crippen molar-refractivity contribution in [2.75, 3.05) is 0 Å². The van der Waals surface area contributed by atoms with Crippen LogP contribution < -0.4 is 20.9 Å². The van der Waals surface area contributed by atoms with Crippen LogP contribution in [-0.2, 0) is 16.0 Å². The zero-order chi connectivity index (χ0) is 23.8. The summed E-state index contributed by atoms with van der Waals surface area (Å²) in [5.74, 6) is -0.781. The molecule has 8 heteroatoms. The van der Waals surface area contributed by atoms with Crippen LogP contribution in [0.15, 0.2) is 66.0 Å². The Hall–Kier alpha value is -3.65. The molecule has 1 unspecified atom stereocenters. The van der Waals surface area contributed by atoms with E-state index in [0.717, 1.165) is 16.7 Å². The molecular weight excluding hydrogens is 438 g/mol. The van der Waals surface area contributed by atoms with Crippen molar-refractivity contribution in [1.29, 1.82) is 0 Å². The highest BCUT2D eigenvalue weighted by atomic mass is 32.1. The van der Waals surface area contributed by atoms with E-state index in [4.69, 9.17) is 4.74 Å². The van der Waals surface area contributed by atoms with Gasteiger partial charge in [-0.25, -0.2) is 0 Å². The number of hydrazine groups is 1. The minimum absolute atomic E-state index is 0.272. The summed E-state index contributed by atoms with van der Waals surface area (Å²) < 4.78 is 5.76. The summed E-state index contributed by atoms with van der Waals surface area (Å²) in [5, 5.41) is 4.54. The first-order valence-electron chi connectivity index (χ1n) is 10.6. The zero-order valence-electron chi connectivity index (χ0n) is 18.8. The van der Waals surface area contributed by atoms with Crippen LogP contribution in [0.1, 0.15) is 33.3 Å². The Kier molecular flexibility index (Phi) is 8.21. The quantitative estimate of drug-likeness (QED) is 0.445. The van der Waals surface area contributed by atoms with E-state index in [1.54, 1.807) is 30.5 Å². The Labute approximate surface area is 197 Å². The largest absolute Gasteiger partial charge is 0.481 e. The second kappa shape index (κ2) is 11.3. The molecule has 7 nitrogen and oxygen atoms in total. The second-order valence-electron chi connectivity index (χ2n) is 7.63. The minimum atomic E-state index is -0.877. The van der Waals surface area contributed by atoms with Crippen LogP contribution in [0.4, 0.5) is 0 Å². The first-order chi connectivity index (χ1) is 15.8. The Morgan fingerprint density at radius 3 is 2.33 bits per heavy atom. The van der Waals surface area contributed by atoms with Gasteiger partial charge in [0, 0.05) is 6.42 Å². The Morgan fingerprint density at radius 1 is 0.909 bits per heavy atom. The molecule has 2 aromatic carbocycles. The van der Waals surface area contributed by atoms with E-state index in [9.17, 15) is 14.4 Å². The second-order valence-corrected chi connectivity index (χ2v) is 8.58. The normalized spacial score (nSPS) is 12.3. The van der Waals surface area contributed by atoms with Gasteiger partial charge in [0.25, 0.3) is 17.7 Å². The molecule has 0 fully saturated rings. The Balaban J connectivity index is 1.62.